The first-order valence-electron chi connectivity index (χ1n) is 8.10. The zero-order valence-electron chi connectivity index (χ0n) is 13.8. The molecule has 0 bridgehead atoms. The lowest BCUT2D eigenvalue weighted by atomic mass is 10.0. The summed E-state index contributed by atoms with van der Waals surface area (Å²) in [5.41, 5.74) is 1.91. The maximum Gasteiger partial charge on any atom is 0.0774 e. The third-order valence-corrected chi connectivity index (χ3v) is 4.49. The van der Waals surface area contributed by atoms with Gasteiger partial charge in [-0.05, 0) is 37.6 Å². The van der Waals surface area contributed by atoms with Crippen LogP contribution in [0.5, 0.6) is 0 Å². The fourth-order valence-corrected chi connectivity index (χ4v) is 3.26. The van der Waals surface area contributed by atoms with Crippen molar-refractivity contribution in [1.82, 2.24) is 4.90 Å². The Morgan fingerprint density at radius 2 is 1.82 bits per heavy atom. The lowest BCUT2D eigenvalue weighted by Crippen LogP contribution is -2.38. The number of hydrogen-bond acceptors (Lipinski definition) is 4. The summed E-state index contributed by atoms with van der Waals surface area (Å²) in [5.74, 6) is 0. The molecule has 0 radical (unpaired) electrons. The number of likely N-dealkylation sites (N-methyl/N-ethyl adjacent to an activating group) is 1. The summed E-state index contributed by atoms with van der Waals surface area (Å²) >= 11 is 0. The smallest absolute Gasteiger partial charge is 0.0774 e. The number of nitrogens with zero attached hydrogens (tertiary/aromatic N) is 3. The lowest BCUT2D eigenvalue weighted by Gasteiger charge is -2.28. The van der Waals surface area contributed by atoms with Gasteiger partial charge in [0.05, 0.1) is 18.1 Å². The zero-order valence-corrected chi connectivity index (χ0v) is 13.8. The van der Waals surface area contributed by atoms with Crippen LogP contribution in [-0.4, -0.2) is 42.8 Å². The van der Waals surface area contributed by atoms with Crippen molar-refractivity contribution in [3.05, 3.63) is 29.8 Å². The molecule has 0 aliphatic heterocycles. The third-order valence-electron chi connectivity index (χ3n) is 4.49. The van der Waals surface area contributed by atoms with E-state index in [-0.39, 0.29) is 0 Å². The van der Waals surface area contributed by atoms with E-state index >= 15 is 0 Å². The van der Waals surface area contributed by atoms with E-state index in [0.29, 0.717) is 6.42 Å². The largest absolute Gasteiger partial charge is 0.389 e. The van der Waals surface area contributed by atoms with Gasteiger partial charge in [-0.3, -0.25) is 4.90 Å². The molecule has 22 heavy (non-hydrogen) atoms. The van der Waals surface area contributed by atoms with Crippen LogP contribution < -0.4 is 4.90 Å². The fraction of sp³-hybridized carbons (Fsp3) is 0.611. The molecule has 1 saturated carbocycles. The molecule has 0 aromatic heterocycles. The Hall–Kier alpha value is -1.57. The second-order valence-corrected chi connectivity index (χ2v) is 6.60. The molecule has 1 aliphatic rings. The van der Waals surface area contributed by atoms with Crippen LogP contribution in [-0.2, 0) is 6.54 Å². The van der Waals surface area contributed by atoms with Crippen molar-refractivity contribution >= 4 is 5.69 Å². The predicted octanol–water partition coefficient (Wildman–Crippen LogP) is 2.77. The average molecular weight is 301 g/mol. The first-order valence-corrected chi connectivity index (χ1v) is 8.10. The minimum Gasteiger partial charge on any atom is -0.389 e. The van der Waals surface area contributed by atoms with Gasteiger partial charge in [0.1, 0.15) is 0 Å². The van der Waals surface area contributed by atoms with Crippen molar-refractivity contribution in [2.24, 2.45) is 0 Å². The van der Waals surface area contributed by atoms with Crippen LogP contribution in [0.25, 0.3) is 0 Å². The molecular weight excluding hydrogens is 274 g/mol. The molecule has 0 unspecified atom stereocenters. The Bertz CT molecular complexity index is 500. The summed E-state index contributed by atoms with van der Waals surface area (Å²) in [6.45, 7) is 2.35. The Morgan fingerprint density at radius 3 is 2.41 bits per heavy atom. The average Bonchev–Trinajstić information content (AvgIpc) is 2.91. The van der Waals surface area contributed by atoms with Gasteiger partial charge in [0.15, 0.2) is 0 Å². The van der Waals surface area contributed by atoms with Crippen LogP contribution in [0, 0.1) is 11.3 Å². The topological polar surface area (TPSA) is 50.5 Å². The molecule has 1 fully saturated rings. The molecule has 0 spiro atoms. The number of benzene rings is 1. The van der Waals surface area contributed by atoms with E-state index < -0.39 is 5.60 Å². The van der Waals surface area contributed by atoms with Crippen LogP contribution in [0.3, 0.4) is 0 Å². The van der Waals surface area contributed by atoms with Gasteiger partial charge in [0.2, 0.25) is 0 Å². The predicted molar refractivity (Wildman–Crippen MR) is 89.7 cm³/mol. The van der Waals surface area contributed by atoms with Gasteiger partial charge in [-0.25, -0.2) is 0 Å². The van der Waals surface area contributed by atoms with E-state index in [2.05, 4.69) is 47.2 Å². The highest BCUT2D eigenvalue weighted by molar-refractivity contribution is 5.46. The van der Waals surface area contributed by atoms with E-state index in [1.54, 1.807) is 0 Å². The van der Waals surface area contributed by atoms with E-state index in [4.69, 9.17) is 5.26 Å². The Balaban J connectivity index is 1.86. The van der Waals surface area contributed by atoms with Crippen molar-refractivity contribution in [1.29, 1.82) is 5.26 Å². The van der Waals surface area contributed by atoms with Crippen LogP contribution in [0.1, 0.15) is 37.7 Å². The summed E-state index contributed by atoms with van der Waals surface area (Å²) in [7, 11) is 4.08. The number of rotatable bonds is 7. The molecule has 0 amide bonds. The molecule has 0 atom stereocenters. The summed E-state index contributed by atoms with van der Waals surface area (Å²) < 4.78 is 0. The van der Waals surface area contributed by atoms with Crippen molar-refractivity contribution in [2.45, 2.75) is 44.2 Å². The minimum atomic E-state index is -0.480. The third kappa shape index (κ3) is 4.72. The molecule has 0 heterocycles. The molecule has 1 aromatic rings. The van der Waals surface area contributed by atoms with Crippen LogP contribution >= 0.6 is 0 Å². The molecule has 1 aliphatic carbocycles. The summed E-state index contributed by atoms with van der Waals surface area (Å²) in [4.78, 5) is 4.30. The Kier molecular flexibility index (Phi) is 5.82. The van der Waals surface area contributed by atoms with Gasteiger partial charge in [-0.1, -0.05) is 25.0 Å². The van der Waals surface area contributed by atoms with E-state index in [0.717, 1.165) is 51.0 Å². The summed E-state index contributed by atoms with van der Waals surface area (Å²) in [5, 5.41) is 19.1. The highest BCUT2D eigenvalue weighted by atomic mass is 16.3. The van der Waals surface area contributed by atoms with Gasteiger partial charge >= 0.3 is 0 Å². The fourth-order valence-electron chi connectivity index (χ4n) is 3.26. The van der Waals surface area contributed by atoms with E-state index in [9.17, 15) is 5.11 Å². The molecule has 2 rings (SSSR count). The summed E-state index contributed by atoms with van der Waals surface area (Å²) in [6, 6.07) is 10.6. The molecule has 1 N–H and O–H groups in total. The van der Waals surface area contributed by atoms with Crippen molar-refractivity contribution < 1.29 is 5.11 Å². The first kappa shape index (κ1) is 16.8. The van der Waals surface area contributed by atoms with Gasteiger partial charge in [-0.2, -0.15) is 5.26 Å². The van der Waals surface area contributed by atoms with Gasteiger partial charge in [0, 0.05) is 32.4 Å². The highest BCUT2D eigenvalue weighted by Gasteiger charge is 2.31. The van der Waals surface area contributed by atoms with Crippen molar-refractivity contribution in [3.63, 3.8) is 0 Å². The Labute approximate surface area is 134 Å². The maximum absolute atomic E-state index is 10.5. The van der Waals surface area contributed by atoms with Gasteiger partial charge in [0.25, 0.3) is 0 Å². The SMILES string of the molecule is CN(Cc1ccc(N(C)CCC#N)cc1)CC1(O)CCCC1. The maximum atomic E-state index is 10.5. The normalized spacial score (nSPS) is 16.7. The van der Waals surface area contributed by atoms with Crippen molar-refractivity contribution in [3.8, 4) is 6.07 Å². The second kappa shape index (κ2) is 7.62. The quantitative estimate of drug-likeness (QED) is 0.841. The molecule has 120 valence electrons. The monoisotopic (exact) mass is 301 g/mol. The van der Waals surface area contributed by atoms with Crippen LogP contribution in [0.4, 0.5) is 5.69 Å². The van der Waals surface area contributed by atoms with Crippen molar-refractivity contribution in [2.75, 3.05) is 32.1 Å². The van der Waals surface area contributed by atoms with Gasteiger partial charge < -0.3 is 10.0 Å². The minimum absolute atomic E-state index is 0.480. The van der Waals surface area contributed by atoms with E-state index in [1.807, 2.05) is 7.05 Å². The Morgan fingerprint density at radius 1 is 1.18 bits per heavy atom. The zero-order chi connectivity index (χ0) is 16.0. The highest BCUT2D eigenvalue weighted by Crippen LogP contribution is 2.30. The number of anilines is 1. The van der Waals surface area contributed by atoms with Crippen LogP contribution in [0.2, 0.25) is 0 Å². The van der Waals surface area contributed by atoms with E-state index in [1.165, 1.54) is 5.56 Å². The van der Waals surface area contributed by atoms with Gasteiger partial charge in [-0.15, -0.1) is 0 Å². The van der Waals surface area contributed by atoms with Crippen LogP contribution in [0.15, 0.2) is 24.3 Å². The number of aliphatic hydroxyl groups is 1. The molecule has 4 heteroatoms. The number of hydrogen-bond donors (Lipinski definition) is 1. The number of nitriles is 1. The molecule has 0 saturated heterocycles. The first-order chi connectivity index (χ1) is 10.5. The molecule has 4 nitrogen and oxygen atoms in total. The molecular formula is C18H27N3O. The second-order valence-electron chi connectivity index (χ2n) is 6.60. The lowest BCUT2D eigenvalue weighted by molar-refractivity contribution is 0.0145. The molecule has 1 aromatic carbocycles. The summed E-state index contributed by atoms with van der Waals surface area (Å²) in [6.07, 6.45) is 4.70. The standard InChI is InChI=1S/C18H27N3O/c1-20(15-18(22)10-3-4-11-18)14-16-6-8-17(9-7-16)21(2)13-5-12-19/h6-9,22H,3-5,10-11,13-15H2,1-2H3.